The van der Waals surface area contributed by atoms with Gasteiger partial charge in [-0.05, 0) is 56.7 Å². The number of aromatic nitrogens is 2. The summed E-state index contributed by atoms with van der Waals surface area (Å²) >= 11 is 6.02. The van der Waals surface area contributed by atoms with Gasteiger partial charge in [-0.25, -0.2) is 9.97 Å². The zero-order valence-electron chi connectivity index (χ0n) is 13.9. The Labute approximate surface area is 146 Å². The van der Waals surface area contributed by atoms with Crippen LogP contribution in [0.5, 0.6) is 0 Å². The highest BCUT2D eigenvalue weighted by Crippen LogP contribution is 2.54. The number of likely N-dealkylation sites (tertiary alicyclic amines) is 1. The molecule has 0 unspecified atom stereocenters. The van der Waals surface area contributed by atoms with Crippen LogP contribution in [-0.4, -0.2) is 39.4 Å². The monoisotopic (exact) mass is 344 g/mol. The number of fused-ring (bicyclic) bond motifs is 1. The van der Waals surface area contributed by atoms with E-state index in [2.05, 4.69) is 22.2 Å². The van der Waals surface area contributed by atoms with Crippen molar-refractivity contribution in [2.24, 2.45) is 5.41 Å². The topological polar surface area (TPSA) is 58.1 Å². The molecule has 2 heterocycles. The van der Waals surface area contributed by atoms with E-state index in [1.165, 1.54) is 19.2 Å². The fourth-order valence-electron chi connectivity index (χ4n) is 3.81. The predicted octanol–water partition coefficient (Wildman–Crippen LogP) is 3.48. The van der Waals surface area contributed by atoms with Crippen molar-refractivity contribution in [3.8, 4) is 0 Å². The number of nitrogens with zero attached hydrogens (tertiary/aromatic N) is 3. The third-order valence-corrected chi connectivity index (χ3v) is 5.56. The van der Waals surface area contributed by atoms with E-state index < -0.39 is 0 Å². The number of hydrogen-bond acceptors (Lipinski definition) is 4. The molecule has 1 aliphatic carbocycles. The molecule has 126 valence electrons. The molecule has 0 radical (unpaired) electrons. The Balaban J connectivity index is 1.54. The SMILES string of the molecule is C[C@@H]1CC2(CC2)CN1C(=O)[C@@H](C)Nc1ncnc2cc(Cl)ccc12. The highest BCUT2D eigenvalue weighted by Gasteiger charge is 2.52. The molecule has 1 amide bonds. The number of hydrogen-bond donors (Lipinski definition) is 1. The van der Waals surface area contributed by atoms with Crippen LogP contribution in [0, 0.1) is 5.41 Å². The van der Waals surface area contributed by atoms with Crippen LogP contribution < -0.4 is 5.32 Å². The molecule has 6 heteroatoms. The summed E-state index contributed by atoms with van der Waals surface area (Å²) in [7, 11) is 0. The fourth-order valence-corrected chi connectivity index (χ4v) is 3.98. The van der Waals surface area contributed by atoms with Crippen LogP contribution in [0.4, 0.5) is 5.82 Å². The lowest BCUT2D eigenvalue weighted by atomic mass is 10.0. The quantitative estimate of drug-likeness (QED) is 0.926. The van der Waals surface area contributed by atoms with Crippen LogP contribution in [0.25, 0.3) is 10.9 Å². The number of carbonyl (C=O) groups is 1. The van der Waals surface area contributed by atoms with E-state index in [4.69, 9.17) is 11.6 Å². The van der Waals surface area contributed by atoms with Gasteiger partial charge in [0.25, 0.3) is 0 Å². The third-order valence-electron chi connectivity index (χ3n) is 5.33. The average Bonchev–Trinajstić information content (AvgIpc) is 3.22. The Bertz CT molecular complexity index is 805. The van der Waals surface area contributed by atoms with Gasteiger partial charge in [0.05, 0.1) is 5.52 Å². The summed E-state index contributed by atoms with van der Waals surface area (Å²) in [6.45, 7) is 4.95. The number of anilines is 1. The Hall–Kier alpha value is -1.88. The first-order valence-electron chi connectivity index (χ1n) is 8.45. The molecule has 1 saturated carbocycles. The average molecular weight is 345 g/mol. The van der Waals surface area contributed by atoms with E-state index in [0.29, 0.717) is 22.3 Å². The van der Waals surface area contributed by atoms with E-state index in [9.17, 15) is 4.79 Å². The highest BCUT2D eigenvalue weighted by molar-refractivity contribution is 6.31. The maximum atomic E-state index is 12.9. The summed E-state index contributed by atoms with van der Waals surface area (Å²) in [5.41, 5.74) is 1.19. The summed E-state index contributed by atoms with van der Waals surface area (Å²) in [4.78, 5) is 23.4. The first-order valence-corrected chi connectivity index (χ1v) is 8.83. The molecule has 1 N–H and O–H groups in total. The minimum atomic E-state index is -0.324. The Morgan fingerprint density at radius 1 is 1.42 bits per heavy atom. The van der Waals surface area contributed by atoms with E-state index in [1.807, 2.05) is 24.0 Å². The number of nitrogens with one attached hydrogen (secondary N) is 1. The zero-order chi connectivity index (χ0) is 16.9. The van der Waals surface area contributed by atoms with Crippen molar-refractivity contribution in [1.82, 2.24) is 14.9 Å². The molecule has 2 fully saturated rings. The molecular weight excluding hydrogens is 324 g/mol. The molecule has 4 rings (SSSR count). The molecule has 2 aromatic rings. The molecule has 1 aliphatic heterocycles. The lowest BCUT2D eigenvalue weighted by molar-refractivity contribution is -0.132. The van der Waals surface area contributed by atoms with E-state index in [0.717, 1.165) is 23.9 Å². The van der Waals surface area contributed by atoms with Gasteiger partial charge in [-0.3, -0.25) is 4.79 Å². The van der Waals surface area contributed by atoms with E-state index in [1.54, 1.807) is 6.07 Å². The van der Waals surface area contributed by atoms with Crippen molar-refractivity contribution in [2.75, 3.05) is 11.9 Å². The minimum Gasteiger partial charge on any atom is -0.358 e. The maximum Gasteiger partial charge on any atom is 0.245 e. The van der Waals surface area contributed by atoms with Gasteiger partial charge in [0.15, 0.2) is 0 Å². The third kappa shape index (κ3) is 2.71. The Morgan fingerprint density at radius 3 is 2.92 bits per heavy atom. The molecule has 24 heavy (non-hydrogen) atoms. The van der Waals surface area contributed by atoms with Gasteiger partial charge >= 0.3 is 0 Å². The molecule has 1 saturated heterocycles. The van der Waals surface area contributed by atoms with Crippen LogP contribution in [-0.2, 0) is 4.79 Å². The Morgan fingerprint density at radius 2 is 2.21 bits per heavy atom. The van der Waals surface area contributed by atoms with Crippen LogP contribution >= 0.6 is 11.6 Å². The number of amides is 1. The van der Waals surface area contributed by atoms with Gasteiger partial charge in [-0.1, -0.05) is 11.6 Å². The van der Waals surface area contributed by atoms with Crippen LogP contribution in [0.1, 0.15) is 33.1 Å². The molecule has 1 aromatic carbocycles. The van der Waals surface area contributed by atoms with Gasteiger partial charge in [-0.15, -0.1) is 0 Å². The largest absolute Gasteiger partial charge is 0.358 e. The van der Waals surface area contributed by atoms with Crippen LogP contribution in [0.3, 0.4) is 0 Å². The van der Waals surface area contributed by atoms with Crippen molar-refractivity contribution >= 4 is 34.2 Å². The van der Waals surface area contributed by atoms with E-state index >= 15 is 0 Å². The predicted molar refractivity (Wildman–Crippen MR) is 95.1 cm³/mol. The smallest absolute Gasteiger partial charge is 0.245 e. The van der Waals surface area contributed by atoms with Gasteiger partial charge in [0.1, 0.15) is 18.2 Å². The number of halogens is 1. The molecular formula is C18H21ClN4O. The van der Waals surface area contributed by atoms with Gasteiger partial charge in [-0.2, -0.15) is 0 Å². The standard InChI is InChI=1S/C18H21ClN4O/c1-11-8-18(5-6-18)9-23(11)17(24)12(2)22-16-14-4-3-13(19)7-15(14)20-10-21-16/h3-4,7,10-12H,5-6,8-9H2,1-2H3,(H,20,21,22)/t11-,12-/m1/s1. The second-order valence-electron chi connectivity index (χ2n) is 7.27. The summed E-state index contributed by atoms with van der Waals surface area (Å²) in [5.74, 6) is 0.817. The molecule has 0 bridgehead atoms. The zero-order valence-corrected chi connectivity index (χ0v) is 14.7. The van der Waals surface area contributed by atoms with Crippen molar-refractivity contribution in [3.05, 3.63) is 29.5 Å². The first kappa shape index (κ1) is 15.6. The van der Waals surface area contributed by atoms with Gasteiger partial charge in [0, 0.05) is 23.0 Å². The lowest BCUT2D eigenvalue weighted by Gasteiger charge is -2.26. The van der Waals surface area contributed by atoms with Gasteiger partial charge in [0.2, 0.25) is 5.91 Å². The van der Waals surface area contributed by atoms with Crippen molar-refractivity contribution < 1.29 is 4.79 Å². The van der Waals surface area contributed by atoms with Crippen molar-refractivity contribution in [2.45, 2.75) is 45.2 Å². The van der Waals surface area contributed by atoms with Gasteiger partial charge < -0.3 is 10.2 Å². The molecule has 1 spiro atoms. The highest BCUT2D eigenvalue weighted by atomic mass is 35.5. The number of rotatable bonds is 3. The second kappa shape index (κ2) is 5.59. The summed E-state index contributed by atoms with van der Waals surface area (Å²) in [5, 5.41) is 4.77. The number of carbonyl (C=O) groups excluding carboxylic acids is 1. The maximum absolute atomic E-state index is 12.9. The molecule has 2 atom stereocenters. The second-order valence-corrected chi connectivity index (χ2v) is 7.71. The first-order chi connectivity index (χ1) is 11.5. The van der Waals surface area contributed by atoms with Crippen molar-refractivity contribution in [3.63, 3.8) is 0 Å². The lowest BCUT2D eigenvalue weighted by Crippen LogP contribution is -2.43. The molecule has 1 aromatic heterocycles. The van der Waals surface area contributed by atoms with Crippen molar-refractivity contribution in [1.29, 1.82) is 0 Å². The summed E-state index contributed by atoms with van der Waals surface area (Å²) in [6.07, 6.45) is 5.16. The molecule has 5 nitrogen and oxygen atoms in total. The minimum absolute atomic E-state index is 0.145. The number of benzene rings is 1. The van der Waals surface area contributed by atoms with Crippen LogP contribution in [0.2, 0.25) is 5.02 Å². The summed E-state index contributed by atoms with van der Waals surface area (Å²) < 4.78 is 0. The normalized spacial score (nSPS) is 22.8. The molecule has 2 aliphatic rings. The Kier molecular flexibility index (Phi) is 3.64. The van der Waals surface area contributed by atoms with E-state index in [-0.39, 0.29) is 11.9 Å². The van der Waals surface area contributed by atoms with Crippen LogP contribution in [0.15, 0.2) is 24.5 Å². The summed E-state index contributed by atoms with van der Waals surface area (Å²) in [6, 6.07) is 5.50. The fraction of sp³-hybridized carbons (Fsp3) is 0.500.